The molecule has 0 saturated carbocycles. The van der Waals surface area contributed by atoms with Gasteiger partial charge in [-0.15, -0.1) is 0 Å². The first-order valence-electron chi connectivity index (χ1n) is 12.1. The summed E-state index contributed by atoms with van der Waals surface area (Å²) in [5.41, 5.74) is 2.82. The van der Waals surface area contributed by atoms with Gasteiger partial charge in [-0.3, -0.25) is 0 Å². The highest BCUT2D eigenvalue weighted by molar-refractivity contribution is 9.10. The smallest absolute Gasteiger partial charge is 0.360 e. The number of aryl methyl sites for hydroxylation is 1. The summed E-state index contributed by atoms with van der Waals surface area (Å²) < 4.78 is 30.3. The van der Waals surface area contributed by atoms with Crippen LogP contribution in [0.5, 0.6) is 11.5 Å². The molecule has 6 nitrogen and oxygen atoms in total. The van der Waals surface area contributed by atoms with Crippen molar-refractivity contribution in [3.8, 4) is 22.8 Å². The lowest BCUT2D eigenvalue weighted by Crippen LogP contribution is -2.37. The first-order chi connectivity index (χ1) is 17.4. The highest BCUT2D eigenvalue weighted by Gasteiger charge is 2.20. The Labute approximate surface area is 219 Å². The van der Waals surface area contributed by atoms with E-state index in [-0.39, 0.29) is 5.82 Å². The number of benzene rings is 2. The van der Waals surface area contributed by atoms with Crippen LogP contribution < -0.4 is 20.4 Å². The van der Waals surface area contributed by atoms with Crippen molar-refractivity contribution in [2.75, 3.05) is 45.7 Å². The van der Waals surface area contributed by atoms with E-state index in [9.17, 15) is 9.18 Å². The van der Waals surface area contributed by atoms with Gasteiger partial charge in [-0.25, -0.2) is 9.18 Å². The number of hydrogen-bond donors (Lipinski definition) is 1. The Kier molecular flexibility index (Phi) is 8.69. The van der Waals surface area contributed by atoms with Crippen LogP contribution >= 0.6 is 15.9 Å². The predicted octanol–water partition coefficient (Wildman–Crippen LogP) is 5.90. The summed E-state index contributed by atoms with van der Waals surface area (Å²) >= 11 is 3.53. The molecule has 8 heteroatoms. The minimum Gasteiger partial charge on any atom is -0.493 e. The molecule has 0 spiro atoms. The topological polar surface area (TPSA) is 63.9 Å². The number of nitrogens with one attached hydrogen (secondary N) is 1. The van der Waals surface area contributed by atoms with Gasteiger partial charge < -0.3 is 24.1 Å². The molecule has 2 heterocycles. The van der Waals surface area contributed by atoms with Gasteiger partial charge in [0.1, 0.15) is 17.3 Å². The lowest BCUT2D eigenvalue weighted by molar-refractivity contribution is 0.190. The Balaban J connectivity index is 1.32. The Morgan fingerprint density at radius 3 is 2.39 bits per heavy atom. The van der Waals surface area contributed by atoms with Gasteiger partial charge in [0, 0.05) is 23.1 Å². The highest BCUT2D eigenvalue weighted by Crippen LogP contribution is 2.38. The molecule has 1 aromatic heterocycles. The van der Waals surface area contributed by atoms with Gasteiger partial charge in [0.2, 0.25) is 0 Å². The second-order valence-corrected chi connectivity index (χ2v) is 10.0. The van der Waals surface area contributed by atoms with Crippen molar-refractivity contribution in [1.29, 1.82) is 0 Å². The van der Waals surface area contributed by atoms with Crippen molar-refractivity contribution in [2.45, 2.75) is 26.2 Å². The van der Waals surface area contributed by atoms with Gasteiger partial charge >= 0.3 is 5.63 Å². The van der Waals surface area contributed by atoms with Gasteiger partial charge in [-0.05, 0) is 103 Å². The average Bonchev–Trinajstić information content (AvgIpc) is 2.87. The van der Waals surface area contributed by atoms with Gasteiger partial charge in [0.15, 0.2) is 11.5 Å². The molecule has 0 aliphatic carbocycles. The van der Waals surface area contributed by atoms with Crippen LogP contribution in [-0.4, -0.2) is 45.3 Å². The molecule has 2 aromatic carbocycles. The monoisotopic (exact) mass is 558 g/mol. The van der Waals surface area contributed by atoms with Crippen LogP contribution in [0.1, 0.15) is 24.0 Å². The molecule has 0 radical (unpaired) electrons. The summed E-state index contributed by atoms with van der Waals surface area (Å²) in [6, 6.07) is 12.3. The van der Waals surface area contributed by atoms with Gasteiger partial charge in [0.25, 0.3) is 0 Å². The van der Waals surface area contributed by atoms with E-state index in [0.717, 1.165) is 48.9 Å². The third-order valence-corrected chi connectivity index (χ3v) is 7.42. The number of hydrogen-bond acceptors (Lipinski definition) is 6. The number of halogens is 2. The van der Waals surface area contributed by atoms with Crippen LogP contribution in [0.3, 0.4) is 0 Å². The summed E-state index contributed by atoms with van der Waals surface area (Å²) in [4.78, 5) is 15.2. The van der Waals surface area contributed by atoms with Crippen LogP contribution in [0.2, 0.25) is 0 Å². The lowest BCUT2D eigenvalue weighted by Gasteiger charge is -2.32. The van der Waals surface area contributed by atoms with E-state index in [1.165, 1.54) is 17.7 Å². The molecule has 1 saturated heterocycles. The molecule has 1 aliphatic rings. The van der Waals surface area contributed by atoms with Crippen LogP contribution in [-0.2, 0) is 6.42 Å². The maximum Gasteiger partial charge on any atom is 0.360 e. The summed E-state index contributed by atoms with van der Waals surface area (Å²) in [5.74, 6) is 2.04. The van der Waals surface area contributed by atoms with Crippen LogP contribution in [0, 0.1) is 18.7 Å². The molecule has 4 rings (SSSR count). The van der Waals surface area contributed by atoms with Crippen molar-refractivity contribution in [2.24, 2.45) is 5.92 Å². The van der Waals surface area contributed by atoms with Crippen molar-refractivity contribution < 1.29 is 18.3 Å². The fourth-order valence-corrected chi connectivity index (χ4v) is 5.22. The SMILES string of the molecule is COc1cc(Br)c(-c2cc(C)c(NCCN3CCC(Cc4ccc(F)cc4)CC3)c(=O)o2)cc1OC. The molecule has 0 bridgehead atoms. The molecule has 0 unspecified atom stereocenters. The number of rotatable bonds is 9. The maximum atomic E-state index is 13.1. The average molecular weight is 559 g/mol. The zero-order valence-corrected chi connectivity index (χ0v) is 22.5. The van der Waals surface area contributed by atoms with Crippen molar-refractivity contribution >= 4 is 21.6 Å². The van der Waals surface area contributed by atoms with E-state index in [0.29, 0.717) is 41.0 Å². The van der Waals surface area contributed by atoms with Gasteiger partial charge in [-0.2, -0.15) is 0 Å². The quantitative estimate of drug-likeness (QED) is 0.352. The zero-order chi connectivity index (χ0) is 25.7. The van der Waals surface area contributed by atoms with Crippen molar-refractivity contribution in [3.63, 3.8) is 0 Å². The molecule has 1 N–H and O–H groups in total. The summed E-state index contributed by atoms with van der Waals surface area (Å²) in [7, 11) is 3.14. The second kappa shape index (κ2) is 11.9. The number of piperidine rings is 1. The molecular weight excluding hydrogens is 527 g/mol. The molecule has 0 amide bonds. The normalized spacial score (nSPS) is 14.6. The molecule has 192 valence electrons. The standard InChI is InChI=1S/C28H32BrFN2O4/c1-18-14-24(22-16-25(34-2)26(35-3)17-23(22)29)36-28(33)27(18)31-10-13-32-11-8-20(9-12-32)15-19-4-6-21(30)7-5-19/h4-7,14,16-17,20,31H,8-13,15H2,1-3H3. The van der Waals surface area contributed by atoms with E-state index < -0.39 is 5.63 Å². The number of likely N-dealkylation sites (tertiary alicyclic amines) is 1. The highest BCUT2D eigenvalue weighted by atomic mass is 79.9. The Morgan fingerprint density at radius 2 is 1.75 bits per heavy atom. The van der Waals surface area contributed by atoms with Crippen molar-refractivity contribution in [1.82, 2.24) is 4.90 Å². The summed E-state index contributed by atoms with van der Waals surface area (Å²) in [6.45, 7) is 5.46. The maximum absolute atomic E-state index is 13.1. The number of nitrogens with zero attached hydrogens (tertiary/aromatic N) is 1. The van der Waals surface area contributed by atoms with Crippen LogP contribution in [0.4, 0.5) is 10.1 Å². The largest absolute Gasteiger partial charge is 0.493 e. The number of methoxy groups -OCH3 is 2. The van der Waals surface area contributed by atoms with Gasteiger partial charge in [0.05, 0.1) is 14.2 Å². The molecule has 1 aliphatic heterocycles. The molecule has 0 atom stereocenters. The molecule has 1 fully saturated rings. The van der Waals surface area contributed by atoms with Gasteiger partial charge in [-0.1, -0.05) is 12.1 Å². The number of ether oxygens (including phenoxy) is 2. The van der Waals surface area contributed by atoms with E-state index in [1.54, 1.807) is 26.4 Å². The third-order valence-electron chi connectivity index (χ3n) is 6.76. The Bertz CT molecular complexity index is 1240. The summed E-state index contributed by atoms with van der Waals surface area (Å²) in [6.07, 6.45) is 3.23. The van der Waals surface area contributed by atoms with Crippen LogP contribution in [0.25, 0.3) is 11.3 Å². The lowest BCUT2D eigenvalue weighted by atomic mass is 9.90. The van der Waals surface area contributed by atoms with E-state index in [1.807, 2.05) is 25.1 Å². The first kappa shape index (κ1) is 26.2. The second-order valence-electron chi connectivity index (χ2n) is 9.19. The minimum atomic E-state index is -0.398. The van der Waals surface area contributed by atoms with E-state index in [2.05, 4.69) is 26.1 Å². The van der Waals surface area contributed by atoms with Crippen LogP contribution in [0.15, 0.2) is 56.1 Å². The number of anilines is 1. The van der Waals surface area contributed by atoms with E-state index in [4.69, 9.17) is 13.9 Å². The molecular formula is C28H32BrFN2O4. The Hall–Kier alpha value is -2.84. The Morgan fingerprint density at radius 1 is 1.08 bits per heavy atom. The minimum absolute atomic E-state index is 0.186. The fraction of sp³-hybridized carbons (Fsp3) is 0.393. The summed E-state index contributed by atoms with van der Waals surface area (Å²) in [5, 5.41) is 3.28. The van der Waals surface area contributed by atoms with Crippen molar-refractivity contribution in [3.05, 3.63) is 74.3 Å². The zero-order valence-electron chi connectivity index (χ0n) is 20.9. The molecule has 3 aromatic rings. The predicted molar refractivity (Wildman–Crippen MR) is 144 cm³/mol. The van der Waals surface area contributed by atoms with E-state index >= 15 is 0 Å². The first-order valence-corrected chi connectivity index (χ1v) is 12.9. The fourth-order valence-electron chi connectivity index (χ4n) is 4.70. The third kappa shape index (κ3) is 6.28. The molecule has 36 heavy (non-hydrogen) atoms.